The summed E-state index contributed by atoms with van der Waals surface area (Å²) in [6, 6.07) is 1.68. The highest BCUT2D eigenvalue weighted by Gasteiger charge is 2.43. The van der Waals surface area contributed by atoms with Gasteiger partial charge < -0.3 is 15.4 Å². The van der Waals surface area contributed by atoms with E-state index in [1.54, 1.807) is 18.5 Å². The molecule has 6 heteroatoms. The third-order valence-corrected chi connectivity index (χ3v) is 4.92. The number of nitrogen functional groups attached to an aromatic ring is 1. The number of nitrogens with two attached hydrogens (primary N) is 1. The van der Waals surface area contributed by atoms with Gasteiger partial charge in [0.2, 0.25) is 0 Å². The van der Waals surface area contributed by atoms with Gasteiger partial charge in [0.25, 0.3) is 5.91 Å². The van der Waals surface area contributed by atoms with Crippen LogP contribution >= 0.6 is 0 Å². The van der Waals surface area contributed by atoms with Gasteiger partial charge in [-0.2, -0.15) is 0 Å². The maximum absolute atomic E-state index is 12.7. The summed E-state index contributed by atoms with van der Waals surface area (Å²) < 4.78 is 0. The van der Waals surface area contributed by atoms with E-state index in [0.29, 0.717) is 30.8 Å². The van der Waals surface area contributed by atoms with Crippen LogP contribution in [-0.2, 0) is 0 Å². The second-order valence-corrected chi connectivity index (χ2v) is 6.11. The predicted molar refractivity (Wildman–Crippen MR) is 79.5 cm³/mol. The minimum Gasteiger partial charge on any atom is -0.389 e. The molecule has 1 aliphatic carbocycles. The Morgan fingerprint density at radius 3 is 3.14 bits per heavy atom. The molecule has 0 bridgehead atoms. The number of hydrazine groups is 1. The number of hydrogen-bond acceptors (Lipinski definition) is 5. The molecule has 1 aromatic heterocycles. The molecular weight excluding hydrogens is 268 g/mol. The number of carbonyl (C=O) groups is 1. The van der Waals surface area contributed by atoms with Crippen molar-refractivity contribution < 1.29 is 9.90 Å². The maximum atomic E-state index is 12.7. The minimum atomic E-state index is -0.567. The second kappa shape index (κ2) is 5.61. The average Bonchev–Trinajstić information content (AvgIpc) is 2.53. The Labute approximate surface area is 124 Å². The molecular formula is C15H22N4O2. The number of amides is 1. The summed E-state index contributed by atoms with van der Waals surface area (Å²) in [5.74, 6) is 5.60. The molecule has 0 aromatic carbocycles. The molecule has 2 heterocycles. The molecule has 2 unspecified atom stereocenters. The van der Waals surface area contributed by atoms with E-state index in [2.05, 4.69) is 10.4 Å². The van der Waals surface area contributed by atoms with E-state index in [4.69, 9.17) is 5.84 Å². The van der Waals surface area contributed by atoms with Gasteiger partial charge in [-0.05, 0) is 25.3 Å². The summed E-state index contributed by atoms with van der Waals surface area (Å²) in [6.45, 7) is 1.22. The smallest absolute Gasteiger partial charge is 0.256 e. The molecule has 4 N–H and O–H groups in total. The molecule has 1 aliphatic heterocycles. The van der Waals surface area contributed by atoms with Crippen molar-refractivity contribution in [2.45, 2.75) is 37.7 Å². The SMILES string of the molecule is NNc1cnccc1C(=O)N1CCC2(O)CCCCC2C1. The van der Waals surface area contributed by atoms with Crippen molar-refractivity contribution >= 4 is 11.6 Å². The fraction of sp³-hybridized carbons (Fsp3) is 0.600. The fourth-order valence-corrected chi connectivity index (χ4v) is 3.62. The molecule has 0 radical (unpaired) electrons. The van der Waals surface area contributed by atoms with Crippen LogP contribution in [0.3, 0.4) is 0 Å². The predicted octanol–water partition coefficient (Wildman–Crippen LogP) is 1.13. The Bertz CT molecular complexity index is 536. The van der Waals surface area contributed by atoms with Crippen molar-refractivity contribution in [1.82, 2.24) is 9.88 Å². The molecule has 0 spiro atoms. The summed E-state index contributed by atoms with van der Waals surface area (Å²) in [5, 5.41) is 10.7. The Balaban J connectivity index is 1.77. The normalized spacial score (nSPS) is 28.9. The lowest BCUT2D eigenvalue weighted by Crippen LogP contribution is -2.54. The van der Waals surface area contributed by atoms with Crippen LogP contribution in [-0.4, -0.2) is 39.6 Å². The highest BCUT2D eigenvalue weighted by molar-refractivity contribution is 5.99. The van der Waals surface area contributed by atoms with Crippen LogP contribution in [0, 0.1) is 5.92 Å². The van der Waals surface area contributed by atoms with Crippen LogP contribution in [0.5, 0.6) is 0 Å². The van der Waals surface area contributed by atoms with Crippen LogP contribution < -0.4 is 11.3 Å². The van der Waals surface area contributed by atoms with Crippen LogP contribution in [0.1, 0.15) is 42.5 Å². The number of aromatic nitrogens is 1. The number of likely N-dealkylation sites (tertiary alicyclic amines) is 1. The number of pyridine rings is 1. The first-order valence-electron chi connectivity index (χ1n) is 7.56. The lowest BCUT2D eigenvalue weighted by atomic mass is 9.71. The summed E-state index contributed by atoms with van der Waals surface area (Å²) in [7, 11) is 0. The third kappa shape index (κ3) is 2.61. The van der Waals surface area contributed by atoms with Crippen molar-refractivity contribution in [3.05, 3.63) is 24.0 Å². The Kier molecular flexibility index (Phi) is 3.82. The standard InChI is InChI=1S/C15H22N4O2/c16-18-13-9-17-7-4-12(13)14(20)19-8-6-15(21)5-2-1-3-11(15)10-19/h4,7,9,11,18,21H,1-3,5-6,8,10,16H2. The van der Waals surface area contributed by atoms with Crippen molar-refractivity contribution in [2.24, 2.45) is 11.8 Å². The minimum absolute atomic E-state index is 0.0435. The van der Waals surface area contributed by atoms with E-state index in [1.165, 1.54) is 0 Å². The van der Waals surface area contributed by atoms with Crippen LogP contribution in [0.25, 0.3) is 0 Å². The Morgan fingerprint density at radius 1 is 1.48 bits per heavy atom. The largest absolute Gasteiger partial charge is 0.389 e. The third-order valence-electron chi connectivity index (χ3n) is 4.92. The number of fused-ring (bicyclic) bond motifs is 1. The van der Waals surface area contributed by atoms with Gasteiger partial charge in [0.1, 0.15) is 0 Å². The number of hydrogen-bond donors (Lipinski definition) is 3. The van der Waals surface area contributed by atoms with Crippen molar-refractivity contribution in [2.75, 3.05) is 18.5 Å². The molecule has 2 atom stereocenters. The van der Waals surface area contributed by atoms with Crippen molar-refractivity contribution in [3.8, 4) is 0 Å². The van der Waals surface area contributed by atoms with Gasteiger partial charge in [-0.1, -0.05) is 12.8 Å². The monoisotopic (exact) mass is 290 g/mol. The summed E-state index contributed by atoms with van der Waals surface area (Å²) in [4.78, 5) is 18.5. The lowest BCUT2D eigenvalue weighted by molar-refractivity contribution is -0.0886. The van der Waals surface area contributed by atoms with Gasteiger partial charge in [-0.25, -0.2) is 0 Å². The van der Waals surface area contributed by atoms with Crippen molar-refractivity contribution in [3.63, 3.8) is 0 Å². The summed E-state index contributed by atoms with van der Waals surface area (Å²) in [5.41, 5.74) is 3.02. The van der Waals surface area contributed by atoms with Gasteiger partial charge in [0, 0.05) is 25.2 Å². The van der Waals surface area contributed by atoms with Crippen LogP contribution in [0.2, 0.25) is 0 Å². The number of anilines is 1. The molecule has 114 valence electrons. The second-order valence-electron chi connectivity index (χ2n) is 6.11. The summed E-state index contributed by atoms with van der Waals surface area (Å²) in [6.07, 6.45) is 7.90. The van der Waals surface area contributed by atoms with Crippen molar-refractivity contribution in [1.29, 1.82) is 0 Å². The first kappa shape index (κ1) is 14.3. The average molecular weight is 290 g/mol. The number of carbonyl (C=O) groups excluding carboxylic acids is 1. The number of aliphatic hydroxyl groups is 1. The summed E-state index contributed by atoms with van der Waals surface area (Å²) >= 11 is 0. The maximum Gasteiger partial charge on any atom is 0.256 e. The molecule has 2 fully saturated rings. The van der Waals surface area contributed by atoms with Crippen LogP contribution in [0.15, 0.2) is 18.5 Å². The number of piperidine rings is 1. The Morgan fingerprint density at radius 2 is 2.33 bits per heavy atom. The van der Waals surface area contributed by atoms with E-state index in [9.17, 15) is 9.90 Å². The van der Waals surface area contributed by atoms with E-state index in [1.807, 2.05) is 4.90 Å². The zero-order valence-corrected chi connectivity index (χ0v) is 12.1. The topological polar surface area (TPSA) is 91.5 Å². The molecule has 2 aliphatic rings. The fourth-order valence-electron chi connectivity index (χ4n) is 3.62. The molecule has 1 saturated heterocycles. The van der Waals surface area contributed by atoms with Gasteiger partial charge in [-0.15, -0.1) is 0 Å². The quantitative estimate of drug-likeness (QED) is 0.561. The zero-order chi connectivity index (χ0) is 14.9. The molecule has 6 nitrogen and oxygen atoms in total. The van der Waals surface area contributed by atoms with E-state index >= 15 is 0 Å². The molecule has 1 aromatic rings. The molecule has 1 saturated carbocycles. The van der Waals surface area contributed by atoms with Gasteiger partial charge in [0.05, 0.1) is 23.0 Å². The van der Waals surface area contributed by atoms with E-state index < -0.39 is 5.60 Å². The zero-order valence-electron chi connectivity index (χ0n) is 12.1. The number of rotatable bonds is 2. The van der Waals surface area contributed by atoms with E-state index in [-0.39, 0.29) is 11.8 Å². The van der Waals surface area contributed by atoms with Gasteiger partial charge in [0.15, 0.2) is 0 Å². The number of nitrogens with zero attached hydrogens (tertiary/aromatic N) is 2. The first-order chi connectivity index (χ1) is 10.1. The first-order valence-corrected chi connectivity index (χ1v) is 7.56. The van der Waals surface area contributed by atoms with Gasteiger partial charge >= 0.3 is 0 Å². The number of nitrogens with one attached hydrogen (secondary N) is 1. The van der Waals surface area contributed by atoms with Crippen LogP contribution in [0.4, 0.5) is 5.69 Å². The molecule has 3 rings (SSSR count). The van der Waals surface area contributed by atoms with E-state index in [0.717, 1.165) is 25.7 Å². The Hall–Kier alpha value is -1.66. The molecule has 21 heavy (non-hydrogen) atoms. The highest BCUT2D eigenvalue weighted by atomic mass is 16.3. The highest BCUT2D eigenvalue weighted by Crippen LogP contribution is 2.40. The lowest BCUT2D eigenvalue weighted by Gasteiger charge is -2.47. The van der Waals surface area contributed by atoms with Gasteiger partial charge in [-0.3, -0.25) is 15.6 Å². The molecule has 1 amide bonds.